The lowest BCUT2D eigenvalue weighted by Crippen LogP contribution is -2.22. The van der Waals surface area contributed by atoms with Gasteiger partial charge >= 0.3 is 0 Å². The van der Waals surface area contributed by atoms with E-state index in [0.717, 1.165) is 18.6 Å². The van der Waals surface area contributed by atoms with Crippen molar-refractivity contribution >= 4 is 0 Å². The van der Waals surface area contributed by atoms with E-state index < -0.39 is 0 Å². The molecule has 1 aromatic rings. The zero-order valence-corrected chi connectivity index (χ0v) is 9.70. The molecular weight excluding hydrogens is 186 g/mol. The summed E-state index contributed by atoms with van der Waals surface area (Å²) in [5.74, 6) is 0.912. The van der Waals surface area contributed by atoms with Crippen molar-refractivity contribution in [2.75, 3.05) is 7.11 Å². The van der Waals surface area contributed by atoms with Crippen molar-refractivity contribution in [2.45, 2.75) is 38.6 Å². The smallest absolute Gasteiger partial charge is 0.119 e. The van der Waals surface area contributed by atoms with Gasteiger partial charge in [-0.3, -0.25) is 0 Å². The number of nitrogens with two attached hydrogens (primary N) is 1. The predicted octanol–water partition coefficient (Wildman–Crippen LogP) is 2.76. The van der Waals surface area contributed by atoms with E-state index >= 15 is 0 Å². The zero-order chi connectivity index (χ0) is 11.1. The lowest BCUT2D eigenvalue weighted by molar-refractivity contribution is 0.414. The van der Waals surface area contributed by atoms with Gasteiger partial charge in [-0.1, -0.05) is 31.9 Å². The maximum Gasteiger partial charge on any atom is 0.119 e. The van der Waals surface area contributed by atoms with Gasteiger partial charge in [0.1, 0.15) is 5.75 Å². The van der Waals surface area contributed by atoms with Gasteiger partial charge in [0.15, 0.2) is 0 Å². The van der Waals surface area contributed by atoms with Crippen LogP contribution in [0.15, 0.2) is 24.3 Å². The van der Waals surface area contributed by atoms with Crippen LogP contribution in [0.1, 0.15) is 31.7 Å². The Morgan fingerprint density at radius 1 is 1.40 bits per heavy atom. The summed E-state index contributed by atoms with van der Waals surface area (Å²) in [6.07, 6.45) is 4.47. The summed E-state index contributed by atoms with van der Waals surface area (Å²) in [5.41, 5.74) is 7.30. The van der Waals surface area contributed by atoms with Crippen molar-refractivity contribution in [2.24, 2.45) is 5.73 Å². The number of methoxy groups -OCH3 is 1. The van der Waals surface area contributed by atoms with Crippen LogP contribution in [0.25, 0.3) is 0 Å². The normalized spacial score (nSPS) is 12.5. The number of ether oxygens (including phenoxy) is 1. The summed E-state index contributed by atoms with van der Waals surface area (Å²) in [4.78, 5) is 0. The van der Waals surface area contributed by atoms with Gasteiger partial charge in [-0.05, 0) is 30.5 Å². The number of rotatable bonds is 6. The fourth-order valence-corrected chi connectivity index (χ4v) is 1.67. The summed E-state index contributed by atoms with van der Waals surface area (Å²) < 4.78 is 5.18. The van der Waals surface area contributed by atoms with Gasteiger partial charge in [-0.15, -0.1) is 0 Å². The number of unbranched alkanes of at least 4 members (excludes halogenated alkanes) is 1. The van der Waals surface area contributed by atoms with Crippen LogP contribution in [0.5, 0.6) is 5.75 Å². The molecule has 0 saturated carbocycles. The van der Waals surface area contributed by atoms with E-state index in [2.05, 4.69) is 19.1 Å². The minimum atomic E-state index is 0.275. The standard InChI is InChI=1S/C13H21NO/c1-3-4-7-12(14)9-11-6-5-8-13(10-11)15-2/h5-6,8,10,12H,3-4,7,9,14H2,1-2H3/t12-/m0/s1. The fourth-order valence-electron chi connectivity index (χ4n) is 1.67. The molecule has 0 saturated heterocycles. The van der Waals surface area contributed by atoms with Crippen LogP contribution in [0.2, 0.25) is 0 Å². The lowest BCUT2D eigenvalue weighted by Gasteiger charge is -2.11. The van der Waals surface area contributed by atoms with Crippen molar-refractivity contribution in [3.05, 3.63) is 29.8 Å². The van der Waals surface area contributed by atoms with Gasteiger partial charge in [0.2, 0.25) is 0 Å². The summed E-state index contributed by atoms with van der Waals surface area (Å²) >= 11 is 0. The Morgan fingerprint density at radius 3 is 2.87 bits per heavy atom. The lowest BCUT2D eigenvalue weighted by atomic mass is 10.0. The maximum absolute atomic E-state index is 6.04. The molecular formula is C13H21NO. The van der Waals surface area contributed by atoms with Crippen LogP contribution in [0, 0.1) is 0 Å². The van der Waals surface area contributed by atoms with Gasteiger partial charge in [-0.25, -0.2) is 0 Å². The molecule has 2 nitrogen and oxygen atoms in total. The van der Waals surface area contributed by atoms with Crippen LogP contribution in [0.4, 0.5) is 0 Å². The molecule has 0 aromatic heterocycles. The summed E-state index contributed by atoms with van der Waals surface area (Å²) in [5, 5.41) is 0. The molecule has 84 valence electrons. The second kappa shape index (κ2) is 6.46. The van der Waals surface area contributed by atoms with E-state index in [-0.39, 0.29) is 6.04 Å². The Bertz CT molecular complexity index is 286. The highest BCUT2D eigenvalue weighted by Crippen LogP contribution is 2.14. The molecule has 15 heavy (non-hydrogen) atoms. The van der Waals surface area contributed by atoms with Gasteiger partial charge in [0.25, 0.3) is 0 Å². The minimum Gasteiger partial charge on any atom is -0.497 e. The molecule has 0 fully saturated rings. The average Bonchev–Trinajstić information content (AvgIpc) is 2.26. The third-order valence-electron chi connectivity index (χ3n) is 2.56. The largest absolute Gasteiger partial charge is 0.497 e. The number of hydrogen-bond donors (Lipinski definition) is 1. The van der Waals surface area contributed by atoms with Crippen LogP contribution in [-0.2, 0) is 6.42 Å². The van der Waals surface area contributed by atoms with Gasteiger partial charge in [0.05, 0.1) is 7.11 Å². The second-order valence-electron chi connectivity index (χ2n) is 3.96. The highest BCUT2D eigenvalue weighted by atomic mass is 16.5. The molecule has 0 spiro atoms. The van der Waals surface area contributed by atoms with Crippen molar-refractivity contribution in [3.8, 4) is 5.75 Å². The second-order valence-corrected chi connectivity index (χ2v) is 3.96. The Morgan fingerprint density at radius 2 is 2.20 bits per heavy atom. The fraction of sp³-hybridized carbons (Fsp3) is 0.538. The maximum atomic E-state index is 6.04. The number of benzene rings is 1. The number of hydrogen-bond acceptors (Lipinski definition) is 2. The van der Waals surface area contributed by atoms with Gasteiger partial charge < -0.3 is 10.5 Å². The first-order valence-corrected chi connectivity index (χ1v) is 5.64. The van der Waals surface area contributed by atoms with Crippen molar-refractivity contribution in [1.29, 1.82) is 0 Å². The molecule has 2 heteroatoms. The molecule has 0 heterocycles. The van der Waals surface area contributed by atoms with E-state index in [4.69, 9.17) is 10.5 Å². The summed E-state index contributed by atoms with van der Waals surface area (Å²) in [7, 11) is 1.69. The molecule has 1 aromatic carbocycles. The molecule has 0 bridgehead atoms. The van der Waals surface area contributed by atoms with Crippen molar-refractivity contribution in [3.63, 3.8) is 0 Å². The molecule has 2 N–H and O–H groups in total. The Hall–Kier alpha value is -1.02. The van der Waals surface area contributed by atoms with Crippen LogP contribution < -0.4 is 10.5 Å². The highest BCUT2D eigenvalue weighted by Gasteiger charge is 2.04. The Labute approximate surface area is 92.4 Å². The van der Waals surface area contributed by atoms with Gasteiger partial charge in [0, 0.05) is 6.04 Å². The minimum absolute atomic E-state index is 0.275. The van der Waals surface area contributed by atoms with E-state index in [0.29, 0.717) is 0 Å². The van der Waals surface area contributed by atoms with E-state index in [9.17, 15) is 0 Å². The third-order valence-corrected chi connectivity index (χ3v) is 2.56. The monoisotopic (exact) mass is 207 g/mol. The van der Waals surface area contributed by atoms with Crippen molar-refractivity contribution in [1.82, 2.24) is 0 Å². The SMILES string of the molecule is CCCC[C@H](N)Cc1cccc(OC)c1. The van der Waals surface area contributed by atoms with E-state index in [1.54, 1.807) is 7.11 Å². The zero-order valence-electron chi connectivity index (χ0n) is 9.70. The first-order chi connectivity index (χ1) is 7.26. The van der Waals surface area contributed by atoms with E-state index in [1.807, 2.05) is 12.1 Å². The first-order valence-electron chi connectivity index (χ1n) is 5.64. The van der Waals surface area contributed by atoms with Crippen LogP contribution in [-0.4, -0.2) is 13.2 Å². The predicted molar refractivity (Wildman–Crippen MR) is 64.2 cm³/mol. The molecule has 1 atom stereocenters. The first kappa shape index (κ1) is 12.1. The highest BCUT2D eigenvalue weighted by molar-refractivity contribution is 5.28. The third kappa shape index (κ3) is 4.34. The van der Waals surface area contributed by atoms with Crippen LogP contribution >= 0.6 is 0 Å². The molecule has 0 unspecified atom stereocenters. The quantitative estimate of drug-likeness (QED) is 0.778. The molecule has 0 aliphatic rings. The Balaban J connectivity index is 2.48. The molecule has 0 radical (unpaired) electrons. The van der Waals surface area contributed by atoms with Gasteiger partial charge in [-0.2, -0.15) is 0 Å². The summed E-state index contributed by atoms with van der Waals surface area (Å²) in [6.45, 7) is 2.19. The summed E-state index contributed by atoms with van der Waals surface area (Å²) in [6, 6.07) is 8.42. The average molecular weight is 207 g/mol. The Kier molecular flexibility index (Phi) is 5.19. The van der Waals surface area contributed by atoms with Crippen molar-refractivity contribution < 1.29 is 4.74 Å². The topological polar surface area (TPSA) is 35.2 Å². The van der Waals surface area contributed by atoms with E-state index in [1.165, 1.54) is 18.4 Å². The molecule has 0 amide bonds. The van der Waals surface area contributed by atoms with Crippen LogP contribution in [0.3, 0.4) is 0 Å². The molecule has 0 aliphatic heterocycles. The molecule has 0 aliphatic carbocycles. The molecule has 1 rings (SSSR count).